The second-order valence-corrected chi connectivity index (χ2v) is 9.19. The molecule has 3 aromatic rings. The zero-order chi connectivity index (χ0) is 25.8. The topological polar surface area (TPSA) is 94.5 Å². The number of benzene rings is 2. The van der Waals surface area contributed by atoms with Crippen LogP contribution in [0.2, 0.25) is 5.02 Å². The van der Waals surface area contributed by atoms with Crippen molar-refractivity contribution >= 4 is 29.3 Å². The number of pyridine rings is 1. The van der Waals surface area contributed by atoms with E-state index in [-0.39, 0.29) is 24.4 Å². The molecule has 7 nitrogen and oxygen atoms in total. The van der Waals surface area contributed by atoms with Crippen molar-refractivity contribution in [2.75, 3.05) is 6.61 Å². The summed E-state index contributed by atoms with van der Waals surface area (Å²) in [4.78, 5) is 52.2. The van der Waals surface area contributed by atoms with Gasteiger partial charge in [-0.25, -0.2) is 0 Å². The van der Waals surface area contributed by atoms with Crippen LogP contribution < -0.4 is 10.9 Å². The Labute approximate surface area is 214 Å². The van der Waals surface area contributed by atoms with Crippen molar-refractivity contribution in [1.29, 1.82) is 0 Å². The Hall–Kier alpha value is -3.71. The Morgan fingerprint density at radius 2 is 1.75 bits per heavy atom. The molecule has 0 unspecified atom stereocenters. The van der Waals surface area contributed by atoms with Crippen LogP contribution in [0.25, 0.3) is 5.69 Å². The molecule has 0 spiro atoms. The van der Waals surface area contributed by atoms with E-state index >= 15 is 0 Å². The fourth-order valence-corrected chi connectivity index (χ4v) is 4.52. The molecule has 0 aliphatic heterocycles. The highest BCUT2D eigenvalue weighted by atomic mass is 35.5. The molecule has 0 bridgehead atoms. The number of rotatable bonds is 7. The van der Waals surface area contributed by atoms with Gasteiger partial charge in [0.1, 0.15) is 5.56 Å². The number of amides is 1. The van der Waals surface area contributed by atoms with Gasteiger partial charge >= 0.3 is 5.97 Å². The first-order valence-corrected chi connectivity index (χ1v) is 12.3. The Bertz CT molecular complexity index is 1360. The molecule has 8 heteroatoms. The van der Waals surface area contributed by atoms with Crippen molar-refractivity contribution in [3.05, 3.63) is 97.9 Å². The molecule has 1 aliphatic carbocycles. The lowest BCUT2D eigenvalue weighted by Gasteiger charge is -2.23. The highest BCUT2D eigenvalue weighted by molar-refractivity contribution is 6.30. The van der Waals surface area contributed by atoms with Gasteiger partial charge in [0, 0.05) is 28.4 Å². The van der Waals surface area contributed by atoms with Crippen LogP contribution in [0.1, 0.15) is 69.8 Å². The summed E-state index contributed by atoms with van der Waals surface area (Å²) in [6.07, 6.45) is 1.41. The van der Waals surface area contributed by atoms with Crippen LogP contribution in [-0.2, 0) is 16.0 Å². The van der Waals surface area contributed by atoms with Gasteiger partial charge in [-0.3, -0.25) is 23.7 Å². The third-order valence-electron chi connectivity index (χ3n) is 6.21. The second-order valence-electron chi connectivity index (χ2n) is 8.76. The number of carbonyl (C=O) groups excluding carboxylic acids is 3. The monoisotopic (exact) mass is 506 g/mol. The van der Waals surface area contributed by atoms with Crippen LogP contribution in [0.4, 0.5) is 0 Å². The molecule has 1 aromatic heterocycles. The molecule has 1 amide bonds. The summed E-state index contributed by atoms with van der Waals surface area (Å²) >= 11 is 6.03. The van der Waals surface area contributed by atoms with Gasteiger partial charge in [-0.2, -0.15) is 0 Å². The average molecular weight is 507 g/mol. The van der Waals surface area contributed by atoms with E-state index in [0.717, 1.165) is 5.56 Å². The van der Waals surface area contributed by atoms with Gasteiger partial charge in [0.2, 0.25) is 0 Å². The van der Waals surface area contributed by atoms with Gasteiger partial charge < -0.3 is 10.1 Å². The van der Waals surface area contributed by atoms with Crippen molar-refractivity contribution in [3.63, 3.8) is 0 Å². The molecule has 0 fully saturated rings. The lowest BCUT2D eigenvalue weighted by atomic mass is 9.92. The maximum atomic E-state index is 13.6. The fourth-order valence-electron chi connectivity index (χ4n) is 4.39. The fraction of sp³-hybridized carbons (Fsp3) is 0.286. The van der Waals surface area contributed by atoms with Crippen molar-refractivity contribution < 1.29 is 19.1 Å². The Morgan fingerprint density at radius 1 is 1.06 bits per heavy atom. The van der Waals surface area contributed by atoms with E-state index in [1.54, 1.807) is 31.2 Å². The number of fused-ring (bicyclic) bond motifs is 1. The van der Waals surface area contributed by atoms with Crippen LogP contribution in [0.15, 0.2) is 59.4 Å². The van der Waals surface area contributed by atoms with E-state index in [2.05, 4.69) is 5.32 Å². The summed E-state index contributed by atoms with van der Waals surface area (Å²) in [5.74, 6) is -1.25. The average Bonchev–Trinajstić information content (AvgIpc) is 2.85. The smallest absolute Gasteiger partial charge is 0.308 e. The highest BCUT2D eigenvalue weighted by Gasteiger charge is 2.28. The number of nitrogens with one attached hydrogen (secondary N) is 1. The van der Waals surface area contributed by atoms with Crippen molar-refractivity contribution in [1.82, 2.24) is 9.88 Å². The molecule has 1 aliphatic rings. The number of esters is 1. The standard InChI is InChI=1S/C28H27ClN2O5/c1-3-36-26(33)16-23(18-9-7-17(2)8-10-18)30-27(34)22-15-21-24(5-4-6-25(21)32)31(28(22)35)20-13-11-19(29)12-14-20/h7-15,23H,3-6,16H2,1-2H3,(H,30,34)/t23-/m1/s1. The third-order valence-corrected chi connectivity index (χ3v) is 6.46. The Morgan fingerprint density at radius 3 is 2.42 bits per heavy atom. The van der Waals surface area contributed by atoms with Crippen molar-refractivity contribution in [2.45, 2.75) is 45.6 Å². The first-order valence-electron chi connectivity index (χ1n) is 11.9. The van der Waals surface area contributed by atoms with E-state index in [1.807, 2.05) is 31.2 Å². The summed E-state index contributed by atoms with van der Waals surface area (Å²) in [7, 11) is 0. The van der Waals surface area contributed by atoms with Gasteiger partial charge in [0.25, 0.3) is 11.5 Å². The molecule has 1 N–H and O–H groups in total. The first-order chi connectivity index (χ1) is 17.3. The molecule has 2 aromatic carbocycles. The summed E-state index contributed by atoms with van der Waals surface area (Å²) in [5, 5.41) is 3.33. The number of carbonyl (C=O) groups is 3. The summed E-state index contributed by atoms with van der Waals surface area (Å²) in [6, 6.07) is 14.7. The Kier molecular flexibility index (Phi) is 7.70. The molecule has 0 saturated heterocycles. The molecular weight excluding hydrogens is 480 g/mol. The van der Waals surface area contributed by atoms with E-state index in [1.165, 1.54) is 10.6 Å². The minimum absolute atomic E-state index is 0.0993. The number of Topliss-reactive ketones (excluding diaryl/α,β-unsaturated/α-hetero) is 1. The van der Waals surface area contributed by atoms with Gasteiger partial charge in [-0.05, 0) is 62.6 Å². The predicted molar refractivity (Wildman–Crippen MR) is 137 cm³/mol. The molecule has 4 rings (SSSR count). The molecule has 36 heavy (non-hydrogen) atoms. The Balaban J connectivity index is 1.77. The molecule has 1 atom stereocenters. The second kappa shape index (κ2) is 10.9. The van der Waals surface area contributed by atoms with Gasteiger partial charge in [-0.15, -0.1) is 0 Å². The molecule has 0 saturated carbocycles. The summed E-state index contributed by atoms with van der Waals surface area (Å²) < 4.78 is 6.51. The van der Waals surface area contributed by atoms with Crippen molar-refractivity contribution in [3.8, 4) is 5.69 Å². The van der Waals surface area contributed by atoms with E-state index < -0.39 is 23.5 Å². The van der Waals surface area contributed by atoms with Gasteiger partial charge in [0.05, 0.1) is 19.1 Å². The maximum Gasteiger partial charge on any atom is 0.308 e. The van der Waals surface area contributed by atoms with Gasteiger partial charge in [0.15, 0.2) is 5.78 Å². The minimum Gasteiger partial charge on any atom is -0.466 e. The predicted octanol–water partition coefficient (Wildman–Crippen LogP) is 4.74. The van der Waals surface area contributed by atoms with Crippen LogP contribution in [0.3, 0.4) is 0 Å². The number of aromatic nitrogens is 1. The van der Waals surface area contributed by atoms with Crippen LogP contribution >= 0.6 is 11.6 Å². The number of nitrogens with zero attached hydrogens (tertiary/aromatic N) is 1. The molecule has 186 valence electrons. The summed E-state index contributed by atoms with van der Waals surface area (Å²) in [6.45, 7) is 3.86. The van der Waals surface area contributed by atoms with E-state index in [4.69, 9.17) is 16.3 Å². The quantitative estimate of drug-likeness (QED) is 0.467. The molecule has 1 heterocycles. The lowest BCUT2D eigenvalue weighted by molar-refractivity contribution is -0.143. The normalized spacial score (nSPS) is 13.6. The van der Waals surface area contributed by atoms with E-state index in [9.17, 15) is 19.2 Å². The van der Waals surface area contributed by atoms with E-state index in [0.29, 0.717) is 46.8 Å². The minimum atomic E-state index is -0.715. The number of ketones is 1. The first kappa shape index (κ1) is 25.4. The molecular formula is C28H27ClN2O5. The number of hydrogen-bond acceptors (Lipinski definition) is 5. The number of halogens is 1. The highest BCUT2D eigenvalue weighted by Crippen LogP contribution is 2.25. The van der Waals surface area contributed by atoms with Gasteiger partial charge in [-0.1, -0.05) is 41.4 Å². The SMILES string of the molecule is CCOC(=O)C[C@@H](NC(=O)c1cc2c(n(-c3ccc(Cl)cc3)c1=O)CCCC2=O)c1ccc(C)cc1. The van der Waals surface area contributed by atoms with Crippen LogP contribution in [0.5, 0.6) is 0 Å². The number of ether oxygens (including phenoxy) is 1. The third kappa shape index (κ3) is 5.41. The number of aryl methyl sites for hydroxylation is 1. The molecule has 0 radical (unpaired) electrons. The largest absolute Gasteiger partial charge is 0.466 e. The maximum absolute atomic E-state index is 13.6. The lowest BCUT2D eigenvalue weighted by Crippen LogP contribution is -2.38. The summed E-state index contributed by atoms with van der Waals surface area (Å²) in [5.41, 5.74) is 2.48. The van der Waals surface area contributed by atoms with Crippen LogP contribution in [0, 0.1) is 6.92 Å². The van der Waals surface area contributed by atoms with Crippen molar-refractivity contribution in [2.24, 2.45) is 0 Å². The number of hydrogen-bond donors (Lipinski definition) is 1. The zero-order valence-corrected chi connectivity index (χ0v) is 20.9. The zero-order valence-electron chi connectivity index (χ0n) is 20.2. The van der Waals surface area contributed by atoms with Crippen LogP contribution in [-0.4, -0.2) is 28.8 Å².